The molecule has 2 aliphatic rings. The van der Waals surface area contributed by atoms with E-state index in [2.05, 4.69) is 0 Å². The van der Waals surface area contributed by atoms with Gasteiger partial charge in [0.25, 0.3) is 0 Å². The molecule has 0 spiro atoms. The van der Waals surface area contributed by atoms with Crippen LogP contribution in [-0.4, -0.2) is 32.2 Å². The first-order valence-electron chi connectivity index (χ1n) is 7.04. The molecule has 1 fully saturated rings. The third kappa shape index (κ3) is 2.22. The number of nitrogens with zero attached hydrogens (tertiary/aromatic N) is 1. The van der Waals surface area contributed by atoms with E-state index in [1.54, 1.807) is 0 Å². The number of carbonyl (C=O) groups excluding carboxylic acids is 1. The van der Waals surface area contributed by atoms with Crippen LogP contribution in [0.1, 0.15) is 18.4 Å². The Morgan fingerprint density at radius 2 is 2.15 bits per heavy atom. The first-order chi connectivity index (χ1) is 9.66. The number of nitrogens with two attached hydrogens (primary N) is 1. The molecule has 0 radical (unpaired) electrons. The predicted molar refractivity (Wildman–Crippen MR) is 79.0 cm³/mol. The van der Waals surface area contributed by atoms with Gasteiger partial charge in [0.1, 0.15) is 0 Å². The topological polar surface area (TPSA) is 55.6 Å². The van der Waals surface area contributed by atoms with Crippen LogP contribution in [0.15, 0.2) is 18.2 Å². The number of carbonyl (C=O) groups is 1. The largest absolute Gasteiger partial charge is 0.381 e. The summed E-state index contributed by atoms with van der Waals surface area (Å²) in [6.45, 7) is 2.32. The van der Waals surface area contributed by atoms with E-state index in [-0.39, 0.29) is 5.91 Å². The van der Waals surface area contributed by atoms with Crippen LogP contribution < -0.4 is 10.6 Å². The van der Waals surface area contributed by atoms with Crippen molar-refractivity contribution in [3.63, 3.8) is 0 Å². The summed E-state index contributed by atoms with van der Waals surface area (Å²) in [6, 6.07) is 5.76. The molecule has 1 aromatic rings. The number of anilines is 1. The second kappa shape index (κ2) is 5.35. The Morgan fingerprint density at radius 3 is 2.85 bits per heavy atom. The van der Waals surface area contributed by atoms with Crippen LogP contribution in [0, 0.1) is 5.41 Å². The van der Waals surface area contributed by atoms with Crippen LogP contribution in [-0.2, 0) is 16.0 Å². The lowest BCUT2D eigenvalue weighted by molar-refractivity contribution is -0.132. The van der Waals surface area contributed by atoms with Gasteiger partial charge in [-0.2, -0.15) is 0 Å². The van der Waals surface area contributed by atoms with Gasteiger partial charge in [-0.1, -0.05) is 17.7 Å². The fourth-order valence-corrected chi connectivity index (χ4v) is 3.28. The summed E-state index contributed by atoms with van der Waals surface area (Å²) in [5.41, 5.74) is 7.59. The third-order valence-corrected chi connectivity index (χ3v) is 4.72. The molecule has 1 aromatic carbocycles. The highest BCUT2D eigenvalue weighted by Gasteiger charge is 2.43. The van der Waals surface area contributed by atoms with Gasteiger partial charge in [-0.3, -0.25) is 4.79 Å². The third-order valence-electron chi connectivity index (χ3n) is 4.48. The Hall–Kier alpha value is -1.10. The summed E-state index contributed by atoms with van der Waals surface area (Å²) >= 11 is 6.07. The molecular formula is C15H19ClN2O2. The molecule has 2 aliphatic heterocycles. The van der Waals surface area contributed by atoms with E-state index in [4.69, 9.17) is 22.1 Å². The van der Waals surface area contributed by atoms with Crippen LogP contribution in [0.3, 0.4) is 0 Å². The zero-order valence-corrected chi connectivity index (χ0v) is 12.2. The van der Waals surface area contributed by atoms with Gasteiger partial charge < -0.3 is 15.4 Å². The van der Waals surface area contributed by atoms with Crippen molar-refractivity contribution >= 4 is 23.2 Å². The number of rotatable bonds is 2. The Balaban J connectivity index is 1.90. The van der Waals surface area contributed by atoms with Gasteiger partial charge in [0, 0.05) is 37.0 Å². The molecule has 1 amide bonds. The van der Waals surface area contributed by atoms with Gasteiger partial charge in [-0.25, -0.2) is 0 Å². The van der Waals surface area contributed by atoms with Crippen molar-refractivity contribution in [1.82, 2.24) is 0 Å². The Labute approximate surface area is 123 Å². The van der Waals surface area contributed by atoms with Gasteiger partial charge in [-0.05, 0) is 37.0 Å². The van der Waals surface area contributed by atoms with Crippen molar-refractivity contribution < 1.29 is 9.53 Å². The normalized spacial score (nSPS) is 20.8. The van der Waals surface area contributed by atoms with Gasteiger partial charge in [0.05, 0.1) is 5.41 Å². The van der Waals surface area contributed by atoms with Crippen LogP contribution in [0.4, 0.5) is 5.69 Å². The maximum atomic E-state index is 13.0. The highest BCUT2D eigenvalue weighted by Crippen LogP contribution is 2.37. The average Bonchev–Trinajstić information content (AvgIpc) is 2.90. The molecule has 0 atom stereocenters. The number of benzene rings is 1. The molecule has 108 valence electrons. The number of amides is 1. The van der Waals surface area contributed by atoms with Crippen molar-refractivity contribution in [1.29, 1.82) is 0 Å². The van der Waals surface area contributed by atoms with Crippen molar-refractivity contribution in [2.45, 2.75) is 19.3 Å². The number of fused-ring (bicyclic) bond motifs is 1. The molecule has 0 saturated carbocycles. The molecule has 20 heavy (non-hydrogen) atoms. The lowest BCUT2D eigenvalue weighted by Crippen LogP contribution is -2.50. The molecule has 2 N–H and O–H groups in total. The van der Waals surface area contributed by atoms with Crippen LogP contribution in [0.2, 0.25) is 5.02 Å². The molecular weight excluding hydrogens is 276 g/mol. The van der Waals surface area contributed by atoms with Crippen LogP contribution in [0.5, 0.6) is 0 Å². The SMILES string of the molecule is NCC1(C(=O)N2CCc3ccc(Cl)cc32)CCOCC1. The number of ether oxygens (including phenoxy) is 1. The summed E-state index contributed by atoms with van der Waals surface area (Å²) in [4.78, 5) is 14.8. The quantitative estimate of drug-likeness (QED) is 0.907. The zero-order valence-electron chi connectivity index (χ0n) is 11.4. The van der Waals surface area contributed by atoms with E-state index in [0.29, 0.717) is 37.6 Å². The molecule has 4 nitrogen and oxygen atoms in total. The summed E-state index contributed by atoms with van der Waals surface area (Å²) in [5.74, 6) is 0.129. The molecule has 5 heteroatoms. The van der Waals surface area contributed by atoms with Crippen molar-refractivity contribution in [3.8, 4) is 0 Å². The van der Waals surface area contributed by atoms with Crippen LogP contribution >= 0.6 is 11.6 Å². The minimum absolute atomic E-state index is 0.129. The summed E-state index contributed by atoms with van der Waals surface area (Å²) in [7, 11) is 0. The van der Waals surface area contributed by atoms with Gasteiger partial charge in [0.15, 0.2) is 0 Å². The van der Waals surface area contributed by atoms with Crippen molar-refractivity contribution in [2.75, 3.05) is 31.2 Å². The van der Waals surface area contributed by atoms with E-state index < -0.39 is 5.41 Å². The van der Waals surface area contributed by atoms with Crippen molar-refractivity contribution in [3.05, 3.63) is 28.8 Å². The first-order valence-corrected chi connectivity index (χ1v) is 7.42. The maximum absolute atomic E-state index is 13.0. The average molecular weight is 295 g/mol. The number of hydrogen-bond donors (Lipinski definition) is 1. The zero-order chi connectivity index (χ0) is 14.2. The summed E-state index contributed by atoms with van der Waals surface area (Å²) in [6.07, 6.45) is 2.29. The Morgan fingerprint density at radius 1 is 1.40 bits per heavy atom. The van der Waals surface area contributed by atoms with Gasteiger partial charge in [-0.15, -0.1) is 0 Å². The highest BCUT2D eigenvalue weighted by molar-refractivity contribution is 6.31. The van der Waals surface area contributed by atoms with E-state index in [1.165, 1.54) is 5.56 Å². The molecule has 0 aromatic heterocycles. The van der Waals surface area contributed by atoms with E-state index in [0.717, 1.165) is 18.7 Å². The lowest BCUT2D eigenvalue weighted by Gasteiger charge is -2.37. The molecule has 2 heterocycles. The Bertz CT molecular complexity index is 527. The molecule has 3 rings (SSSR count). The first kappa shape index (κ1) is 13.9. The lowest BCUT2D eigenvalue weighted by atomic mass is 9.79. The highest BCUT2D eigenvalue weighted by atomic mass is 35.5. The second-order valence-corrected chi connectivity index (χ2v) is 6.01. The maximum Gasteiger partial charge on any atom is 0.234 e. The smallest absolute Gasteiger partial charge is 0.234 e. The van der Waals surface area contributed by atoms with Crippen LogP contribution in [0.25, 0.3) is 0 Å². The molecule has 0 unspecified atom stereocenters. The van der Waals surface area contributed by atoms with Gasteiger partial charge in [0.2, 0.25) is 5.91 Å². The molecule has 1 saturated heterocycles. The number of halogens is 1. The molecule has 0 aliphatic carbocycles. The fraction of sp³-hybridized carbons (Fsp3) is 0.533. The minimum Gasteiger partial charge on any atom is -0.381 e. The molecule has 0 bridgehead atoms. The van der Waals surface area contributed by atoms with E-state index in [1.807, 2.05) is 23.1 Å². The number of hydrogen-bond acceptors (Lipinski definition) is 3. The van der Waals surface area contributed by atoms with E-state index >= 15 is 0 Å². The van der Waals surface area contributed by atoms with Crippen molar-refractivity contribution in [2.24, 2.45) is 11.1 Å². The monoisotopic (exact) mass is 294 g/mol. The predicted octanol–water partition coefficient (Wildman–Crippen LogP) is 1.98. The Kier molecular flexibility index (Phi) is 3.71. The summed E-state index contributed by atoms with van der Waals surface area (Å²) in [5, 5.41) is 0.664. The minimum atomic E-state index is -0.470. The second-order valence-electron chi connectivity index (χ2n) is 5.58. The van der Waals surface area contributed by atoms with E-state index in [9.17, 15) is 4.79 Å². The van der Waals surface area contributed by atoms with Gasteiger partial charge >= 0.3 is 0 Å². The summed E-state index contributed by atoms with van der Waals surface area (Å²) < 4.78 is 5.38. The standard InChI is InChI=1S/C15H19ClN2O2/c16-12-2-1-11-3-6-18(13(11)9-12)14(19)15(10-17)4-7-20-8-5-15/h1-2,9H,3-8,10,17H2. The fourth-order valence-electron chi connectivity index (χ4n) is 3.12.